The number of nitrogens with one attached hydrogen (secondary N) is 3. The fraction of sp³-hybridized carbons (Fsp3) is 0.208. The molecule has 48 heavy (non-hydrogen) atoms. The van der Waals surface area contributed by atoms with Gasteiger partial charge in [-0.3, -0.25) is 24.7 Å². The smallest absolute Gasteiger partial charge is 0.353 e. The third-order valence-corrected chi connectivity index (χ3v) is 8.74. The van der Waals surface area contributed by atoms with E-state index in [4.69, 9.17) is 5.73 Å². The number of imide groups is 1. The number of benzene rings is 1. The molecule has 0 spiro atoms. The number of thiazole rings is 1. The fourth-order valence-electron chi connectivity index (χ4n) is 4.41. The number of hydrazine groups is 1. The molecule has 3 aromatic rings. The van der Waals surface area contributed by atoms with Gasteiger partial charge in [0, 0.05) is 16.8 Å². The first-order valence-corrected chi connectivity index (χ1v) is 15.4. The minimum atomic E-state index is -4.95. The van der Waals surface area contributed by atoms with Crippen LogP contribution < -0.4 is 21.2 Å². The Hall–Kier alpha value is -6.30. The summed E-state index contributed by atoms with van der Waals surface area (Å²) in [4.78, 5) is 88.4. The van der Waals surface area contributed by atoms with E-state index in [1.165, 1.54) is 12.5 Å². The number of hydrogen-bond donors (Lipinski definition) is 7. The first-order valence-electron chi connectivity index (χ1n) is 13.1. The van der Waals surface area contributed by atoms with Crippen LogP contribution in [0.3, 0.4) is 0 Å². The van der Waals surface area contributed by atoms with E-state index in [-0.39, 0.29) is 31.7 Å². The molecule has 2 aromatic heterocycles. The molecular formula is C24H22N10O12S2. The average molecular weight is 707 g/mol. The van der Waals surface area contributed by atoms with Gasteiger partial charge in [-0.25, -0.2) is 38.4 Å². The topological polar surface area (TPSA) is 316 Å². The zero-order valence-corrected chi connectivity index (χ0v) is 25.7. The number of carboxylic acid groups (broad SMARTS) is 1. The van der Waals surface area contributed by atoms with Gasteiger partial charge in [0.15, 0.2) is 22.3 Å². The summed E-state index contributed by atoms with van der Waals surface area (Å²) in [6.45, 7) is -1.48. The molecule has 2 aliphatic rings. The fourth-order valence-corrected chi connectivity index (χ4v) is 6.03. The number of nitrogens with zero attached hydrogens (tertiary/aromatic N) is 6. The van der Waals surface area contributed by atoms with Gasteiger partial charge >= 0.3 is 28.2 Å². The molecule has 0 saturated carbocycles. The number of aromatic hydroxyl groups is 2. The molecule has 2 aliphatic heterocycles. The standard InChI is InChI=1S/C24H22N10O12S2/c1-46-30-17(13-8-47-22(25)28-13)18(37)27-12-7-32(20(12)39)23(42)31-48(44,45)34-3-2-33(24(34)43)29-19(38)16-10(21(40)41)4-9-5-14(35)15(36)6-11(9)26-16/h4-6,8,12,35-36H,2-3,7H2,1H3,(H2,25,28)(H,27,37)(H,29,38)(H,31,42)(H,40,41)/t12-/m0/s1. The van der Waals surface area contributed by atoms with Gasteiger partial charge in [0.25, 0.3) is 17.7 Å². The lowest BCUT2D eigenvalue weighted by atomic mass is 10.1. The Kier molecular flexibility index (Phi) is 8.60. The summed E-state index contributed by atoms with van der Waals surface area (Å²) in [5.41, 5.74) is 5.92. The SMILES string of the molecule is CON=C(C(=O)N[C@H]1CN(C(=O)NS(=O)(=O)N2CCN(NC(=O)c3nc4cc(O)c(O)cc4cc3C(=O)O)C2=O)C1=O)c1csc(N)n1. The Morgan fingerprint density at radius 3 is 2.44 bits per heavy atom. The van der Waals surface area contributed by atoms with Crippen molar-refractivity contribution >= 4 is 79.0 Å². The summed E-state index contributed by atoms with van der Waals surface area (Å²) in [5.74, 6) is -5.91. The number of anilines is 1. The number of carbonyl (C=O) groups is 6. The average Bonchev–Trinajstić information content (AvgIpc) is 3.62. The molecule has 1 atom stereocenters. The number of carbonyl (C=O) groups excluding carboxylic acids is 5. The number of pyridine rings is 1. The van der Waals surface area contributed by atoms with Crippen LogP contribution >= 0.6 is 11.3 Å². The largest absolute Gasteiger partial charge is 0.504 e. The quantitative estimate of drug-likeness (QED) is 0.0553. The van der Waals surface area contributed by atoms with E-state index in [0.717, 1.165) is 29.5 Å². The number of carboxylic acids is 1. The van der Waals surface area contributed by atoms with Crippen LogP contribution in [0.4, 0.5) is 14.7 Å². The number of amides is 7. The van der Waals surface area contributed by atoms with Gasteiger partial charge in [-0.2, -0.15) is 8.42 Å². The second kappa shape index (κ2) is 12.5. The number of phenols is 2. The zero-order valence-electron chi connectivity index (χ0n) is 24.1. The lowest BCUT2D eigenvalue weighted by Gasteiger charge is -2.36. The molecule has 8 N–H and O–H groups in total. The monoisotopic (exact) mass is 706 g/mol. The molecule has 4 heterocycles. The van der Waals surface area contributed by atoms with Crippen molar-refractivity contribution in [3.63, 3.8) is 0 Å². The molecule has 0 unspecified atom stereocenters. The van der Waals surface area contributed by atoms with E-state index in [1.807, 2.05) is 5.43 Å². The Bertz CT molecular complexity index is 2050. The van der Waals surface area contributed by atoms with Crippen molar-refractivity contribution in [3.8, 4) is 11.5 Å². The summed E-state index contributed by atoms with van der Waals surface area (Å²) < 4.78 is 27.5. The van der Waals surface area contributed by atoms with Crippen LogP contribution in [0, 0.1) is 0 Å². The van der Waals surface area contributed by atoms with Gasteiger partial charge in [0.1, 0.15) is 24.5 Å². The summed E-state index contributed by atoms with van der Waals surface area (Å²) in [7, 11) is -3.78. The number of urea groups is 2. The molecule has 1 aromatic carbocycles. The summed E-state index contributed by atoms with van der Waals surface area (Å²) >= 11 is 1.01. The van der Waals surface area contributed by atoms with Crippen molar-refractivity contribution in [1.29, 1.82) is 0 Å². The zero-order chi connectivity index (χ0) is 35.1. The maximum atomic E-state index is 13.0. The number of fused-ring (bicyclic) bond motifs is 1. The third-order valence-electron chi connectivity index (χ3n) is 6.71. The molecule has 24 heteroatoms. The van der Waals surface area contributed by atoms with Gasteiger partial charge < -0.3 is 31.2 Å². The van der Waals surface area contributed by atoms with Gasteiger partial charge in [-0.15, -0.1) is 11.3 Å². The minimum absolute atomic E-state index is 0.0575. The molecular weight excluding hydrogens is 684 g/mol. The molecule has 5 rings (SSSR count). The van der Waals surface area contributed by atoms with E-state index in [0.29, 0.717) is 9.91 Å². The van der Waals surface area contributed by atoms with Crippen molar-refractivity contribution in [1.82, 2.24) is 39.6 Å². The van der Waals surface area contributed by atoms with Crippen LogP contribution in [0.15, 0.2) is 28.7 Å². The minimum Gasteiger partial charge on any atom is -0.504 e. The van der Waals surface area contributed by atoms with Crippen LogP contribution in [0.1, 0.15) is 26.5 Å². The molecule has 22 nitrogen and oxygen atoms in total. The Labute approximate surface area is 271 Å². The van der Waals surface area contributed by atoms with Gasteiger partial charge in [-0.05, 0) is 12.1 Å². The number of rotatable bonds is 9. The van der Waals surface area contributed by atoms with Crippen LogP contribution in [-0.2, 0) is 24.6 Å². The highest BCUT2D eigenvalue weighted by Crippen LogP contribution is 2.30. The maximum absolute atomic E-state index is 13.0. The predicted molar refractivity (Wildman–Crippen MR) is 159 cm³/mol. The van der Waals surface area contributed by atoms with Crippen LogP contribution in [0.25, 0.3) is 10.9 Å². The first kappa shape index (κ1) is 33.1. The Balaban J connectivity index is 1.21. The highest BCUT2D eigenvalue weighted by molar-refractivity contribution is 7.88. The number of β-lactam (4-membered cyclic amide) rings is 1. The molecule has 7 amide bonds. The number of likely N-dealkylation sites (tertiary alicyclic amines) is 1. The number of nitrogens with two attached hydrogens (primary N) is 1. The van der Waals surface area contributed by atoms with Gasteiger partial charge in [0.05, 0.1) is 30.7 Å². The summed E-state index contributed by atoms with van der Waals surface area (Å²) in [5, 5.41) is 37.0. The number of nitrogen functional groups attached to an aromatic ring is 1. The number of aromatic carboxylic acids is 1. The Morgan fingerprint density at radius 1 is 1.10 bits per heavy atom. The Morgan fingerprint density at radius 2 is 1.81 bits per heavy atom. The summed E-state index contributed by atoms with van der Waals surface area (Å²) in [6.07, 6.45) is 0. The summed E-state index contributed by atoms with van der Waals surface area (Å²) in [6, 6.07) is -1.07. The second-order valence-electron chi connectivity index (χ2n) is 9.75. The molecule has 2 saturated heterocycles. The highest BCUT2D eigenvalue weighted by Gasteiger charge is 2.46. The lowest BCUT2D eigenvalue weighted by molar-refractivity contribution is -0.141. The van der Waals surface area contributed by atoms with Crippen LogP contribution in [0.5, 0.6) is 11.5 Å². The third kappa shape index (κ3) is 6.23. The van der Waals surface area contributed by atoms with Crippen LogP contribution in [0.2, 0.25) is 0 Å². The van der Waals surface area contributed by atoms with E-state index >= 15 is 0 Å². The number of phenolic OH excluding ortho intramolecular Hbond substituents is 2. The molecule has 2 fully saturated rings. The van der Waals surface area contributed by atoms with Gasteiger partial charge in [0.2, 0.25) is 0 Å². The molecule has 0 radical (unpaired) electrons. The van der Waals surface area contributed by atoms with E-state index in [1.54, 1.807) is 4.72 Å². The number of hydrogen-bond acceptors (Lipinski definition) is 16. The molecule has 0 aliphatic carbocycles. The molecule has 252 valence electrons. The van der Waals surface area contributed by atoms with Crippen LogP contribution in [-0.4, -0.2) is 122 Å². The van der Waals surface area contributed by atoms with E-state index in [9.17, 15) is 52.5 Å². The van der Waals surface area contributed by atoms with Crippen molar-refractivity contribution in [3.05, 3.63) is 40.5 Å². The van der Waals surface area contributed by atoms with Crippen molar-refractivity contribution in [2.75, 3.05) is 32.5 Å². The van der Waals surface area contributed by atoms with E-state index < -0.39 is 94.4 Å². The normalized spacial score (nSPS) is 16.5. The highest BCUT2D eigenvalue weighted by atomic mass is 32.2. The number of oxime groups is 1. The molecule has 0 bridgehead atoms. The number of aromatic nitrogens is 2. The lowest BCUT2D eigenvalue weighted by Crippen LogP contribution is -2.68. The van der Waals surface area contributed by atoms with Gasteiger partial charge in [-0.1, -0.05) is 5.16 Å². The van der Waals surface area contributed by atoms with Crippen molar-refractivity contribution in [2.45, 2.75) is 6.04 Å². The van der Waals surface area contributed by atoms with Crippen molar-refractivity contribution < 1.29 is 57.3 Å². The predicted octanol–water partition coefficient (Wildman–Crippen LogP) is -1.90. The first-order chi connectivity index (χ1) is 22.6. The van der Waals surface area contributed by atoms with Crippen molar-refractivity contribution in [2.24, 2.45) is 5.16 Å². The second-order valence-corrected chi connectivity index (χ2v) is 12.2. The maximum Gasteiger partial charge on any atom is 0.353 e. The van der Waals surface area contributed by atoms with E-state index in [2.05, 4.69) is 25.3 Å².